The first kappa shape index (κ1) is 22.0. The molecular formula is C29H26N4S. The number of fused-ring (bicyclic) bond motifs is 1. The zero-order valence-corrected chi connectivity index (χ0v) is 20.3. The topological polar surface area (TPSA) is 43.6 Å². The summed E-state index contributed by atoms with van der Waals surface area (Å²) in [5.41, 5.74) is 6.60. The van der Waals surface area contributed by atoms with E-state index in [9.17, 15) is 0 Å². The molecular weight excluding hydrogens is 436 g/mol. The summed E-state index contributed by atoms with van der Waals surface area (Å²) in [6.07, 6.45) is 10.3. The number of benzene rings is 3. The van der Waals surface area contributed by atoms with Crippen LogP contribution in [-0.4, -0.2) is 20.0 Å². The number of thiazole rings is 1. The van der Waals surface area contributed by atoms with Crippen molar-refractivity contribution in [3.63, 3.8) is 0 Å². The van der Waals surface area contributed by atoms with Gasteiger partial charge in [-0.05, 0) is 47.0 Å². The zero-order chi connectivity index (χ0) is 23.5. The molecule has 0 bridgehead atoms. The molecule has 3 aromatic carbocycles. The molecule has 0 N–H and O–H groups in total. The molecule has 34 heavy (non-hydrogen) atoms. The lowest BCUT2D eigenvalue weighted by atomic mass is 9.92. The fourth-order valence-corrected chi connectivity index (χ4v) is 4.57. The highest BCUT2D eigenvalue weighted by molar-refractivity contribution is 7.19. The van der Waals surface area contributed by atoms with E-state index < -0.39 is 0 Å². The van der Waals surface area contributed by atoms with E-state index in [0.717, 1.165) is 38.6 Å². The van der Waals surface area contributed by atoms with Crippen LogP contribution in [0.2, 0.25) is 0 Å². The largest absolute Gasteiger partial charge is 0.237 e. The van der Waals surface area contributed by atoms with E-state index in [1.165, 1.54) is 4.70 Å². The second kappa shape index (κ2) is 9.20. The molecule has 5 aromatic rings. The number of hydrogen-bond donors (Lipinski definition) is 0. The maximum absolute atomic E-state index is 4.66. The molecule has 0 fully saturated rings. The van der Waals surface area contributed by atoms with E-state index in [0.29, 0.717) is 0 Å². The molecule has 0 amide bonds. The summed E-state index contributed by atoms with van der Waals surface area (Å²) in [6.45, 7) is 6.50. The highest BCUT2D eigenvalue weighted by Crippen LogP contribution is 2.25. The Morgan fingerprint density at radius 1 is 0.735 bits per heavy atom. The highest BCUT2D eigenvalue weighted by atomic mass is 32.1. The Morgan fingerprint density at radius 2 is 1.32 bits per heavy atom. The Labute approximate surface area is 203 Å². The molecule has 2 heterocycles. The van der Waals surface area contributed by atoms with Gasteiger partial charge in [0.05, 0.1) is 27.8 Å². The quantitative estimate of drug-likeness (QED) is 0.254. The lowest BCUT2D eigenvalue weighted by Crippen LogP contribution is -2.17. The first-order valence-electron chi connectivity index (χ1n) is 11.3. The van der Waals surface area contributed by atoms with Gasteiger partial charge >= 0.3 is 0 Å². The number of hydrogen-bond acceptors (Lipinski definition) is 4. The van der Waals surface area contributed by atoms with E-state index in [1.807, 2.05) is 23.0 Å². The van der Waals surface area contributed by atoms with Gasteiger partial charge in [-0.2, -0.15) is 0 Å². The smallest absolute Gasteiger partial charge is 0.117 e. The summed E-state index contributed by atoms with van der Waals surface area (Å²) < 4.78 is 3.13. The van der Waals surface area contributed by atoms with Gasteiger partial charge in [-0.15, -0.1) is 16.4 Å². The van der Waals surface area contributed by atoms with E-state index in [2.05, 4.69) is 121 Å². The second-order valence-electron chi connectivity index (χ2n) is 9.23. The Kier molecular flexibility index (Phi) is 5.95. The summed E-state index contributed by atoms with van der Waals surface area (Å²) in [5.74, 6) is 0. The summed E-state index contributed by atoms with van der Waals surface area (Å²) in [7, 11) is 0. The molecule has 0 spiro atoms. The van der Waals surface area contributed by atoms with Crippen LogP contribution in [0.3, 0.4) is 0 Å². The van der Waals surface area contributed by atoms with Crippen molar-refractivity contribution in [2.24, 2.45) is 0 Å². The van der Waals surface area contributed by atoms with Gasteiger partial charge in [0.25, 0.3) is 0 Å². The first-order valence-corrected chi connectivity index (χ1v) is 12.1. The number of para-hydroxylation sites is 1. The number of aromatic nitrogens is 4. The van der Waals surface area contributed by atoms with Crippen molar-refractivity contribution < 1.29 is 0 Å². The molecule has 0 aliphatic heterocycles. The number of rotatable bonds is 5. The third-order valence-electron chi connectivity index (χ3n) is 5.59. The predicted molar refractivity (Wildman–Crippen MR) is 144 cm³/mol. The minimum absolute atomic E-state index is 0.0161. The Balaban J connectivity index is 1.25. The van der Waals surface area contributed by atoms with Gasteiger partial charge in [0.2, 0.25) is 0 Å². The van der Waals surface area contributed by atoms with Crippen molar-refractivity contribution in [3.8, 4) is 5.69 Å². The van der Waals surface area contributed by atoms with Crippen LogP contribution in [0, 0.1) is 0 Å². The van der Waals surface area contributed by atoms with Crippen LogP contribution in [0.5, 0.6) is 0 Å². The minimum Gasteiger partial charge on any atom is -0.237 e. The van der Waals surface area contributed by atoms with E-state index in [1.54, 1.807) is 11.3 Å². The third-order valence-corrected chi connectivity index (χ3v) is 6.59. The standard InChI is InChI=1S/C29H26N4S/c1-29(2,3)27-20-30-32-33(27)24-17-14-23(15-18-24)13-10-21-8-11-22(12-9-21)16-19-28-31-25-6-4-5-7-26(25)34-28/h4-20H,1-3H3. The summed E-state index contributed by atoms with van der Waals surface area (Å²) >= 11 is 1.71. The van der Waals surface area contributed by atoms with Crippen LogP contribution < -0.4 is 0 Å². The number of nitrogens with zero attached hydrogens (tertiary/aromatic N) is 4. The molecule has 0 aliphatic rings. The van der Waals surface area contributed by atoms with Gasteiger partial charge in [0.1, 0.15) is 5.01 Å². The monoisotopic (exact) mass is 462 g/mol. The Hall–Kier alpha value is -3.83. The lowest BCUT2D eigenvalue weighted by molar-refractivity contribution is 0.542. The molecule has 0 aliphatic carbocycles. The van der Waals surface area contributed by atoms with Gasteiger partial charge in [-0.1, -0.05) is 92.7 Å². The minimum atomic E-state index is -0.0161. The summed E-state index contributed by atoms with van der Waals surface area (Å²) in [6, 6.07) is 25.1. The molecule has 0 unspecified atom stereocenters. The highest BCUT2D eigenvalue weighted by Gasteiger charge is 2.20. The average molecular weight is 463 g/mol. The van der Waals surface area contributed by atoms with Gasteiger partial charge in [0.15, 0.2) is 0 Å². The molecule has 0 radical (unpaired) electrons. The molecule has 5 heteroatoms. The Morgan fingerprint density at radius 3 is 1.94 bits per heavy atom. The fourth-order valence-electron chi connectivity index (χ4n) is 3.70. The second-order valence-corrected chi connectivity index (χ2v) is 10.3. The molecule has 168 valence electrons. The van der Waals surface area contributed by atoms with E-state index >= 15 is 0 Å². The average Bonchev–Trinajstić information content (AvgIpc) is 3.50. The maximum atomic E-state index is 4.66. The van der Waals surface area contributed by atoms with Crippen molar-refractivity contribution in [3.05, 3.63) is 106 Å². The van der Waals surface area contributed by atoms with Gasteiger partial charge in [0, 0.05) is 5.41 Å². The fraction of sp³-hybridized carbons (Fsp3) is 0.138. The SMILES string of the molecule is CC(C)(C)c1cnnn1-c1ccc(C=Cc2ccc(C=Cc3nc4ccccc4s3)cc2)cc1. The molecule has 4 nitrogen and oxygen atoms in total. The van der Waals surface area contributed by atoms with Crippen LogP contribution in [0.1, 0.15) is 48.2 Å². The predicted octanol–water partition coefficient (Wildman–Crippen LogP) is 7.52. The molecule has 5 rings (SSSR count). The molecule has 0 saturated heterocycles. The van der Waals surface area contributed by atoms with Gasteiger partial charge in [-0.25, -0.2) is 9.67 Å². The van der Waals surface area contributed by atoms with Crippen LogP contribution in [0.15, 0.2) is 79.0 Å². The Bertz CT molecular complexity index is 1430. The van der Waals surface area contributed by atoms with Crippen LogP contribution in [0.4, 0.5) is 0 Å². The van der Waals surface area contributed by atoms with Crippen molar-refractivity contribution >= 4 is 45.9 Å². The van der Waals surface area contributed by atoms with Crippen LogP contribution in [0.25, 0.3) is 40.2 Å². The van der Waals surface area contributed by atoms with Gasteiger partial charge < -0.3 is 0 Å². The molecule has 2 aromatic heterocycles. The van der Waals surface area contributed by atoms with Gasteiger partial charge in [-0.3, -0.25) is 0 Å². The summed E-state index contributed by atoms with van der Waals surface area (Å²) in [4.78, 5) is 4.66. The van der Waals surface area contributed by atoms with Crippen molar-refractivity contribution in [1.29, 1.82) is 0 Å². The van der Waals surface area contributed by atoms with Crippen molar-refractivity contribution in [2.45, 2.75) is 26.2 Å². The third kappa shape index (κ3) is 4.90. The van der Waals surface area contributed by atoms with Crippen molar-refractivity contribution in [2.75, 3.05) is 0 Å². The molecule has 0 atom stereocenters. The summed E-state index contributed by atoms with van der Waals surface area (Å²) in [5, 5.41) is 9.39. The molecule has 0 saturated carbocycles. The van der Waals surface area contributed by atoms with Crippen LogP contribution in [-0.2, 0) is 5.41 Å². The maximum Gasteiger partial charge on any atom is 0.117 e. The normalized spacial score (nSPS) is 12.3. The van der Waals surface area contributed by atoms with E-state index in [4.69, 9.17) is 0 Å². The first-order chi connectivity index (χ1) is 16.5. The zero-order valence-electron chi connectivity index (χ0n) is 19.5. The van der Waals surface area contributed by atoms with Crippen LogP contribution >= 0.6 is 11.3 Å². The van der Waals surface area contributed by atoms with Crippen molar-refractivity contribution in [1.82, 2.24) is 20.0 Å². The lowest BCUT2D eigenvalue weighted by Gasteiger charge is -2.19. The van der Waals surface area contributed by atoms with E-state index in [-0.39, 0.29) is 5.41 Å².